The number of rotatable bonds is 6. The lowest BCUT2D eigenvalue weighted by Gasteiger charge is -2.34. The molecule has 2 atom stereocenters. The zero-order valence-electron chi connectivity index (χ0n) is 17.3. The minimum Gasteiger partial charge on any atom is -0.490 e. The Kier molecular flexibility index (Phi) is 6.52. The van der Waals surface area contributed by atoms with E-state index < -0.39 is 17.8 Å². The van der Waals surface area contributed by atoms with Crippen LogP contribution < -0.4 is 4.74 Å². The number of halogens is 1. The van der Waals surface area contributed by atoms with Gasteiger partial charge in [0.1, 0.15) is 24.9 Å². The lowest BCUT2D eigenvalue weighted by atomic mass is 9.72. The van der Waals surface area contributed by atoms with Crippen molar-refractivity contribution in [2.24, 2.45) is 10.9 Å². The van der Waals surface area contributed by atoms with Crippen LogP contribution in [0.3, 0.4) is 0 Å². The number of aliphatic imine (C=N–C) groups is 1. The molecule has 2 aromatic carbocycles. The molecule has 0 amide bonds. The quantitative estimate of drug-likeness (QED) is 0.463. The van der Waals surface area contributed by atoms with Crippen LogP contribution in [0.25, 0.3) is 0 Å². The average molecular weight is 438 g/mol. The van der Waals surface area contributed by atoms with Gasteiger partial charge in [-0.2, -0.15) is 0 Å². The van der Waals surface area contributed by atoms with E-state index in [-0.39, 0.29) is 19.0 Å². The lowest BCUT2D eigenvalue weighted by molar-refractivity contribution is -0.147. The van der Waals surface area contributed by atoms with Gasteiger partial charge in [0, 0.05) is 34.3 Å². The molecule has 6 heteroatoms. The summed E-state index contributed by atoms with van der Waals surface area (Å²) in [5.41, 5.74) is 2.78. The van der Waals surface area contributed by atoms with Crippen molar-refractivity contribution in [2.45, 2.75) is 32.1 Å². The molecule has 1 unspecified atom stereocenters. The third kappa shape index (κ3) is 4.57. The highest BCUT2D eigenvalue weighted by molar-refractivity contribution is 6.31. The number of allylic oxidation sites excluding steroid dienone is 2. The highest BCUT2D eigenvalue weighted by atomic mass is 35.5. The number of ether oxygens (including phenoxy) is 2. The van der Waals surface area contributed by atoms with Gasteiger partial charge < -0.3 is 9.47 Å². The molecule has 4 rings (SSSR count). The van der Waals surface area contributed by atoms with Crippen molar-refractivity contribution in [3.05, 3.63) is 76.5 Å². The summed E-state index contributed by atoms with van der Waals surface area (Å²) in [7, 11) is 0. The third-order valence-electron chi connectivity index (χ3n) is 5.67. The molecule has 1 aliphatic carbocycles. The molecule has 0 N–H and O–H groups in total. The number of esters is 1. The van der Waals surface area contributed by atoms with Crippen LogP contribution >= 0.6 is 11.6 Å². The van der Waals surface area contributed by atoms with Gasteiger partial charge in [0.15, 0.2) is 5.78 Å². The fourth-order valence-electron chi connectivity index (χ4n) is 4.28. The first-order valence-electron chi connectivity index (χ1n) is 10.5. The number of Topliss-reactive ketones (excluding diaryl/α,β-unsaturated/α-hetero) is 1. The van der Waals surface area contributed by atoms with Crippen LogP contribution in [0.5, 0.6) is 5.75 Å². The van der Waals surface area contributed by atoms with Gasteiger partial charge in [0.2, 0.25) is 0 Å². The molecule has 31 heavy (non-hydrogen) atoms. The number of hydrogen-bond donors (Lipinski definition) is 0. The highest BCUT2D eigenvalue weighted by Gasteiger charge is 2.43. The van der Waals surface area contributed by atoms with Crippen molar-refractivity contribution >= 4 is 29.1 Å². The van der Waals surface area contributed by atoms with E-state index in [1.165, 1.54) is 0 Å². The molecule has 0 radical (unpaired) electrons. The van der Waals surface area contributed by atoms with Gasteiger partial charge in [0.25, 0.3) is 0 Å². The van der Waals surface area contributed by atoms with Gasteiger partial charge in [-0.1, -0.05) is 48.0 Å². The fraction of sp³-hybridized carbons (Fsp3) is 0.320. The lowest BCUT2D eigenvalue weighted by Crippen LogP contribution is -2.37. The SMILES string of the molecule is CC1=NC2=C(C(=O)CCC2)[C@H](c2ccccc2Cl)C1C(=O)OCCOc1ccccc1. The standard InChI is InChI=1S/C25H24ClNO4/c1-16-22(25(29)31-15-14-30-17-8-3-2-4-9-17)23(18-10-5-6-11-19(18)26)24-20(27-16)12-7-13-21(24)28/h2-6,8-11,22-23H,7,12-15H2,1H3/t22?,23-/m1/s1. The highest BCUT2D eigenvalue weighted by Crippen LogP contribution is 2.45. The molecule has 1 heterocycles. The van der Waals surface area contributed by atoms with Crippen molar-refractivity contribution in [1.29, 1.82) is 0 Å². The second kappa shape index (κ2) is 9.48. The third-order valence-corrected chi connectivity index (χ3v) is 6.01. The van der Waals surface area contributed by atoms with E-state index in [4.69, 9.17) is 21.1 Å². The fourth-order valence-corrected chi connectivity index (χ4v) is 4.54. The van der Waals surface area contributed by atoms with Crippen molar-refractivity contribution in [3.63, 3.8) is 0 Å². The van der Waals surface area contributed by atoms with Gasteiger partial charge in [-0.15, -0.1) is 0 Å². The number of nitrogens with zero attached hydrogens (tertiary/aromatic N) is 1. The largest absolute Gasteiger partial charge is 0.490 e. The van der Waals surface area contributed by atoms with Crippen LogP contribution in [0.15, 0.2) is 70.9 Å². The molecule has 1 aliphatic heterocycles. The van der Waals surface area contributed by atoms with Crippen LogP contribution in [0.2, 0.25) is 5.02 Å². The molecule has 0 bridgehead atoms. The predicted molar refractivity (Wildman–Crippen MR) is 120 cm³/mol. The summed E-state index contributed by atoms with van der Waals surface area (Å²) in [6.45, 7) is 2.16. The second-order valence-electron chi connectivity index (χ2n) is 7.70. The van der Waals surface area contributed by atoms with Crippen LogP contribution in [0, 0.1) is 5.92 Å². The van der Waals surface area contributed by atoms with Crippen molar-refractivity contribution < 1.29 is 19.1 Å². The van der Waals surface area contributed by atoms with Crippen LogP contribution in [0.1, 0.15) is 37.7 Å². The van der Waals surface area contributed by atoms with E-state index in [0.717, 1.165) is 24.1 Å². The zero-order chi connectivity index (χ0) is 21.8. The number of benzene rings is 2. The summed E-state index contributed by atoms with van der Waals surface area (Å²) in [6.07, 6.45) is 1.96. The minimum absolute atomic E-state index is 0.0348. The van der Waals surface area contributed by atoms with E-state index in [0.29, 0.717) is 28.5 Å². The van der Waals surface area contributed by atoms with E-state index >= 15 is 0 Å². The van der Waals surface area contributed by atoms with E-state index in [1.54, 1.807) is 6.07 Å². The van der Waals surface area contributed by atoms with Crippen molar-refractivity contribution in [1.82, 2.24) is 0 Å². The molecular weight excluding hydrogens is 414 g/mol. The number of para-hydroxylation sites is 1. The molecule has 2 aromatic rings. The molecular formula is C25H24ClNO4. The molecule has 2 aliphatic rings. The Balaban J connectivity index is 1.56. The maximum atomic E-state index is 13.2. The zero-order valence-corrected chi connectivity index (χ0v) is 18.1. The Morgan fingerprint density at radius 3 is 2.58 bits per heavy atom. The number of hydrogen-bond acceptors (Lipinski definition) is 5. The van der Waals surface area contributed by atoms with Gasteiger partial charge in [-0.05, 0) is 43.5 Å². The summed E-state index contributed by atoms with van der Waals surface area (Å²) in [5, 5.41) is 0.526. The summed E-state index contributed by atoms with van der Waals surface area (Å²) in [5.74, 6) is -0.861. The summed E-state index contributed by atoms with van der Waals surface area (Å²) >= 11 is 6.50. The van der Waals surface area contributed by atoms with E-state index in [9.17, 15) is 9.59 Å². The summed E-state index contributed by atoms with van der Waals surface area (Å²) < 4.78 is 11.2. The van der Waals surface area contributed by atoms with E-state index in [1.807, 2.05) is 55.5 Å². The molecule has 5 nitrogen and oxygen atoms in total. The molecule has 0 aromatic heterocycles. The monoisotopic (exact) mass is 437 g/mol. The van der Waals surface area contributed by atoms with Gasteiger partial charge in [0.05, 0.1) is 0 Å². The molecule has 0 saturated heterocycles. The Hall–Kier alpha value is -2.92. The first kappa shape index (κ1) is 21.3. The van der Waals surface area contributed by atoms with E-state index in [2.05, 4.69) is 4.99 Å². The van der Waals surface area contributed by atoms with Gasteiger partial charge in [-0.3, -0.25) is 14.6 Å². The number of ketones is 1. The second-order valence-corrected chi connectivity index (χ2v) is 8.10. The molecule has 0 saturated carbocycles. The van der Waals surface area contributed by atoms with Crippen LogP contribution in [0.4, 0.5) is 0 Å². The maximum Gasteiger partial charge on any atom is 0.315 e. The molecule has 0 fully saturated rings. The number of carbonyl (C=O) groups is 2. The van der Waals surface area contributed by atoms with Gasteiger partial charge >= 0.3 is 5.97 Å². The Morgan fingerprint density at radius 1 is 1.06 bits per heavy atom. The molecule has 160 valence electrons. The first-order valence-corrected chi connectivity index (χ1v) is 10.8. The Morgan fingerprint density at radius 2 is 1.81 bits per heavy atom. The molecule has 0 spiro atoms. The topological polar surface area (TPSA) is 65.0 Å². The van der Waals surface area contributed by atoms with Crippen LogP contribution in [-0.2, 0) is 14.3 Å². The van der Waals surface area contributed by atoms with Crippen LogP contribution in [-0.4, -0.2) is 30.7 Å². The Labute approximate surface area is 186 Å². The first-order chi connectivity index (χ1) is 15.1. The van der Waals surface area contributed by atoms with Crippen molar-refractivity contribution in [3.8, 4) is 5.75 Å². The normalized spacial score (nSPS) is 20.7. The predicted octanol–water partition coefficient (Wildman–Crippen LogP) is 5.14. The average Bonchev–Trinajstić information content (AvgIpc) is 2.77. The Bertz CT molecular complexity index is 1040. The van der Waals surface area contributed by atoms with Gasteiger partial charge in [-0.25, -0.2) is 0 Å². The maximum absolute atomic E-state index is 13.2. The number of carbonyl (C=O) groups excluding carboxylic acids is 2. The summed E-state index contributed by atoms with van der Waals surface area (Å²) in [4.78, 5) is 30.7. The summed E-state index contributed by atoms with van der Waals surface area (Å²) in [6, 6.07) is 16.7. The van der Waals surface area contributed by atoms with Crippen molar-refractivity contribution in [2.75, 3.05) is 13.2 Å². The minimum atomic E-state index is -0.697. The smallest absolute Gasteiger partial charge is 0.315 e.